The van der Waals surface area contributed by atoms with Crippen molar-refractivity contribution in [2.24, 2.45) is 0 Å². The van der Waals surface area contributed by atoms with Gasteiger partial charge < -0.3 is 0 Å². The summed E-state index contributed by atoms with van der Waals surface area (Å²) in [6, 6.07) is 13.5. The fourth-order valence-electron chi connectivity index (χ4n) is 2.38. The smallest absolute Gasteiger partial charge is 0.276 e. The fraction of sp³-hybridized carbons (Fsp3) is 0.0526. The zero-order valence-corrected chi connectivity index (χ0v) is 15.3. The average molecular weight is 385 g/mol. The lowest BCUT2D eigenvalue weighted by Gasteiger charge is -1.96. The average Bonchev–Trinajstić information content (AvgIpc) is 3.02. The summed E-state index contributed by atoms with van der Waals surface area (Å²) in [7, 11) is 0. The second-order valence-electron chi connectivity index (χ2n) is 5.45. The number of nitrogens with zero attached hydrogens (tertiary/aromatic N) is 2. The van der Waals surface area contributed by atoms with Gasteiger partial charge in [-0.3, -0.25) is 14.9 Å². The highest BCUT2D eigenvalue weighted by atomic mass is 35.5. The molecule has 0 aliphatic heterocycles. The first kappa shape index (κ1) is 18.0. The number of benzene rings is 2. The van der Waals surface area contributed by atoms with Crippen LogP contribution in [0.15, 0.2) is 54.6 Å². The molecular formula is C19H13ClN2O3S. The van der Waals surface area contributed by atoms with Gasteiger partial charge >= 0.3 is 0 Å². The highest BCUT2D eigenvalue weighted by Gasteiger charge is 2.15. The van der Waals surface area contributed by atoms with Crippen LogP contribution in [0.25, 0.3) is 16.6 Å². The number of aryl methyl sites for hydroxylation is 1. The molecule has 0 radical (unpaired) electrons. The van der Waals surface area contributed by atoms with Crippen molar-refractivity contribution in [1.82, 2.24) is 4.98 Å². The van der Waals surface area contributed by atoms with Gasteiger partial charge in [-0.25, -0.2) is 4.98 Å². The lowest BCUT2D eigenvalue weighted by Crippen LogP contribution is -1.94. The molecule has 3 rings (SSSR count). The summed E-state index contributed by atoms with van der Waals surface area (Å²) in [5.74, 6) is -0.238. The SMILES string of the molecule is Cc1nc(-c2ccc(Cl)cc2)sc1C(=O)C=Cc1ccccc1[N+](=O)[O-]. The first-order valence-electron chi connectivity index (χ1n) is 7.65. The second-order valence-corrected chi connectivity index (χ2v) is 6.89. The number of ketones is 1. The maximum atomic E-state index is 12.5. The highest BCUT2D eigenvalue weighted by Crippen LogP contribution is 2.29. The van der Waals surface area contributed by atoms with Crippen LogP contribution < -0.4 is 0 Å². The number of hydrogen-bond acceptors (Lipinski definition) is 5. The molecule has 1 aromatic heterocycles. The molecule has 0 N–H and O–H groups in total. The number of carbonyl (C=O) groups is 1. The molecule has 130 valence electrons. The van der Waals surface area contributed by atoms with Crippen LogP contribution in [0.5, 0.6) is 0 Å². The molecule has 5 nitrogen and oxygen atoms in total. The molecule has 0 amide bonds. The summed E-state index contributed by atoms with van der Waals surface area (Å²) in [5, 5.41) is 12.4. The molecule has 7 heteroatoms. The van der Waals surface area contributed by atoms with E-state index in [1.54, 1.807) is 37.3 Å². The van der Waals surface area contributed by atoms with Gasteiger partial charge in [0.1, 0.15) is 5.01 Å². The van der Waals surface area contributed by atoms with Crippen LogP contribution in [0.2, 0.25) is 5.02 Å². The summed E-state index contributed by atoms with van der Waals surface area (Å²) < 4.78 is 0. The number of para-hydroxylation sites is 1. The molecule has 1 heterocycles. The van der Waals surface area contributed by atoms with Crippen molar-refractivity contribution in [2.45, 2.75) is 6.92 Å². The number of rotatable bonds is 5. The lowest BCUT2D eigenvalue weighted by molar-refractivity contribution is -0.385. The van der Waals surface area contributed by atoms with Crippen molar-refractivity contribution in [3.63, 3.8) is 0 Å². The first-order chi connectivity index (χ1) is 12.5. The number of hydrogen-bond donors (Lipinski definition) is 0. The number of allylic oxidation sites excluding steroid dienone is 1. The van der Waals surface area contributed by atoms with Crippen molar-refractivity contribution >= 4 is 40.5 Å². The Bertz CT molecular complexity index is 1010. The van der Waals surface area contributed by atoms with E-state index in [-0.39, 0.29) is 11.5 Å². The summed E-state index contributed by atoms with van der Waals surface area (Å²) >= 11 is 7.18. The van der Waals surface area contributed by atoms with E-state index in [4.69, 9.17) is 11.6 Å². The Balaban J connectivity index is 1.87. The number of halogens is 1. The lowest BCUT2D eigenvalue weighted by atomic mass is 10.1. The van der Waals surface area contributed by atoms with E-state index in [1.807, 2.05) is 12.1 Å². The van der Waals surface area contributed by atoms with Crippen LogP contribution in [0.4, 0.5) is 5.69 Å². The molecule has 0 aliphatic carbocycles. The zero-order chi connectivity index (χ0) is 18.7. The minimum Gasteiger partial charge on any atom is -0.288 e. The Hall–Kier alpha value is -2.83. The standard InChI is InChI=1S/C19H13ClN2O3S/c1-12-18(26-19(21-12)14-6-9-15(20)10-7-14)17(23)11-8-13-4-2-3-5-16(13)22(24)25/h2-11H,1H3. The molecule has 3 aromatic rings. The molecule has 0 saturated heterocycles. The van der Waals surface area contributed by atoms with Gasteiger partial charge in [-0.15, -0.1) is 11.3 Å². The van der Waals surface area contributed by atoms with Gasteiger partial charge in [0.2, 0.25) is 0 Å². The quantitative estimate of drug-likeness (QED) is 0.249. The third-order valence-electron chi connectivity index (χ3n) is 3.66. The van der Waals surface area contributed by atoms with Crippen molar-refractivity contribution in [3.05, 3.63) is 85.9 Å². The van der Waals surface area contributed by atoms with Gasteiger partial charge in [0.15, 0.2) is 5.78 Å². The molecule has 2 aromatic carbocycles. The maximum absolute atomic E-state index is 12.5. The molecular weight excluding hydrogens is 372 g/mol. The van der Waals surface area contributed by atoms with E-state index in [0.717, 1.165) is 10.6 Å². The molecule has 0 unspecified atom stereocenters. The Morgan fingerprint density at radius 3 is 2.58 bits per heavy atom. The number of thiazole rings is 1. The van der Waals surface area contributed by atoms with Crippen molar-refractivity contribution in [2.75, 3.05) is 0 Å². The van der Waals surface area contributed by atoms with Gasteiger partial charge in [-0.2, -0.15) is 0 Å². The molecule has 0 bridgehead atoms. The Kier molecular flexibility index (Phi) is 5.25. The van der Waals surface area contributed by atoms with Crippen LogP contribution in [0, 0.1) is 17.0 Å². The van der Waals surface area contributed by atoms with Crippen LogP contribution in [0.1, 0.15) is 20.9 Å². The van der Waals surface area contributed by atoms with E-state index in [9.17, 15) is 14.9 Å². The summed E-state index contributed by atoms with van der Waals surface area (Å²) in [6.45, 7) is 1.77. The second kappa shape index (κ2) is 7.59. The predicted molar refractivity (Wildman–Crippen MR) is 104 cm³/mol. The third-order valence-corrected chi connectivity index (χ3v) is 5.13. The van der Waals surface area contributed by atoms with Crippen molar-refractivity contribution < 1.29 is 9.72 Å². The fourth-order valence-corrected chi connectivity index (χ4v) is 3.49. The van der Waals surface area contributed by atoms with E-state index < -0.39 is 4.92 Å². The van der Waals surface area contributed by atoms with Gasteiger partial charge in [0, 0.05) is 16.7 Å². The number of carbonyl (C=O) groups excluding carboxylic acids is 1. The van der Waals surface area contributed by atoms with E-state index >= 15 is 0 Å². The largest absolute Gasteiger partial charge is 0.288 e. The van der Waals surface area contributed by atoms with E-state index in [0.29, 0.717) is 21.2 Å². The maximum Gasteiger partial charge on any atom is 0.276 e. The molecule has 0 saturated carbocycles. The summed E-state index contributed by atoms with van der Waals surface area (Å²) in [4.78, 5) is 28.0. The zero-order valence-electron chi connectivity index (χ0n) is 13.7. The van der Waals surface area contributed by atoms with Crippen LogP contribution in [-0.2, 0) is 0 Å². The molecule has 26 heavy (non-hydrogen) atoms. The Morgan fingerprint density at radius 2 is 1.88 bits per heavy atom. The highest BCUT2D eigenvalue weighted by molar-refractivity contribution is 7.17. The Morgan fingerprint density at radius 1 is 1.19 bits per heavy atom. The normalized spacial score (nSPS) is 11.0. The number of aromatic nitrogens is 1. The minimum atomic E-state index is -0.471. The van der Waals surface area contributed by atoms with Gasteiger partial charge in [0.25, 0.3) is 5.69 Å². The molecule has 0 atom stereocenters. The monoisotopic (exact) mass is 384 g/mol. The molecule has 0 spiro atoms. The molecule has 0 fully saturated rings. The van der Waals surface area contributed by atoms with E-state index in [1.165, 1.54) is 29.6 Å². The van der Waals surface area contributed by atoms with Crippen molar-refractivity contribution in [3.8, 4) is 10.6 Å². The van der Waals surface area contributed by atoms with Gasteiger partial charge in [0.05, 0.1) is 21.1 Å². The predicted octanol–water partition coefficient (Wildman–Crippen LogP) is 5.58. The van der Waals surface area contributed by atoms with Gasteiger partial charge in [-0.05, 0) is 37.3 Å². The third kappa shape index (κ3) is 3.87. The van der Waals surface area contributed by atoms with Gasteiger partial charge in [-0.1, -0.05) is 35.9 Å². The van der Waals surface area contributed by atoms with Crippen LogP contribution in [0.3, 0.4) is 0 Å². The minimum absolute atomic E-state index is 0.0422. The number of nitro benzene ring substituents is 1. The number of nitro groups is 1. The first-order valence-corrected chi connectivity index (χ1v) is 8.84. The van der Waals surface area contributed by atoms with Crippen molar-refractivity contribution in [1.29, 1.82) is 0 Å². The molecule has 0 aliphatic rings. The van der Waals surface area contributed by atoms with E-state index in [2.05, 4.69) is 4.98 Å². The summed E-state index contributed by atoms with van der Waals surface area (Å²) in [5.41, 5.74) is 1.84. The van der Waals surface area contributed by atoms with Crippen LogP contribution >= 0.6 is 22.9 Å². The summed E-state index contributed by atoms with van der Waals surface area (Å²) in [6.07, 6.45) is 2.80. The Labute approximate surface area is 158 Å². The topological polar surface area (TPSA) is 73.1 Å². The van der Waals surface area contributed by atoms with Crippen LogP contribution in [-0.4, -0.2) is 15.7 Å².